The van der Waals surface area contributed by atoms with E-state index in [1.807, 2.05) is 55.8 Å². The lowest BCUT2D eigenvalue weighted by Gasteiger charge is -2.15. The van der Waals surface area contributed by atoms with E-state index >= 15 is 0 Å². The number of anilines is 1. The third-order valence-electron chi connectivity index (χ3n) is 5.49. The summed E-state index contributed by atoms with van der Waals surface area (Å²) in [5.74, 6) is -0.335. The Hall–Kier alpha value is -3.12. The Morgan fingerprint density at radius 1 is 1.19 bits per heavy atom. The van der Waals surface area contributed by atoms with Gasteiger partial charge in [0.25, 0.3) is 0 Å². The van der Waals surface area contributed by atoms with E-state index in [1.54, 1.807) is 6.07 Å². The van der Waals surface area contributed by atoms with Crippen molar-refractivity contribution in [1.82, 2.24) is 9.78 Å². The topological polar surface area (TPSA) is 56.2 Å². The summed E-state index contributed by atoms with van der Waals surface area (Å²) in [4.78, 5) is 12.2. The van der Waals surface area contributed by atoms with Crippen LogP contribution in [0.5, 0.6) is 0 Å². The smallest absolute Gasteiger partial charge is 0.412 e. The zero-order chi connectivity index (χ0) is 22.1. The first-order valence-corrected chi connectivity index (χ1v) is 10.4. The van der Waals surface area contributed by atoms with Crippen LogP contribution in [0.4, 0.5) is 14.9 Å². The van der Waals surface area contributed by atoms with Crippen molar-refractivity contribution in [2.24, 2.45) is 0 Å². The Balaban J connectivity index is 1.46. The molecule has 1 heterocycles. The summed E-state index contributed by atoms with van der Waals surface area (Å²) in [6, 6.07) is 11.6. The number of hydrogen-bond donors (Lipinski definition) is 1. The molecule has 1 aliphatic rings. The summed E-state index contributed by atoms with van der Waals surface area (Å²) in [5, 5.41) is 7.97. The molecule has 0 saturated carbocycles. The number of aromatic nitrogens is 2. The number of carbonyl (C=O) groups is 1. The molecule has 5 nitrogen and oxygen atoms in total. The zero-order valence-electron chi connectivity index (χ0n) is 17.5. The van der Waals surface area contributed by atoms with Crippen LogP contribution in [-0.2, 0) is 4.74 Å². The molecule has 0 spiro atoms. The van der Waals surface area contributed by atoms with Crippen LogP contribution < -0.4 is 5.32 Å². The van der Waals surface area contributed by atoms with Crippen LogP contribution in [-0.4, -0.2) is 22.0 Å². The van der Waals surface area contributed by atoms with E-state index in [4.69, 9.17) is 21.4 Å². The summed E-state index contributed by atoms with van der Waals surface area (Å²) < 4.78 is 20.7. The molecule has 1 amide bonds. The highest BCUT2D eigenvalue weighted by molar-refractivity contribution is 6.31. The molecular formula is C24H23ClFN3O2. The molecule has 7 heteroatoms. The number of allylic oxidation sites excluding steroid dienone is 1. The molecule has 1 N–H and O–H groups in total. The van der Waals surface area contributed by atoms with Gasteiger partial charge in [0.1, 0.15) is 11.9 Å². The molecule has 1 aliphatic carbocycles. The monoisotopic (exact) mass is 439 g/mol. The standard InChI is InChI=1S/C24H23ClFN3O2/c1-14-7-9-20(13-22(14)25)29-16(3)23(15(2)28-29)17-8-10-21(11-17)31-24(30)27-19-6-4-5-18(26)12-19/h4-10,12-13,17,21H,11H2,1-3H3,(H,27,30). The third kappa shape index (κ3) is 4.49. The second kappa shape index (κ2) is 8.55. The minimum atomic E-state index is -0.612. The van der Waals surface area contributed by atoms with Crippen molar-refractivity contribution in [2.75, 3.05) is 5.32 Å². The van der Waals surface area contributed by atoms with Gasteiger partial charge >= 0.3 is 6.09 Å². The fourth-order valence-corrected chi connectivity index (χ4v) is 4.15. The van der Waals surface area contributed by atoms with Crippen molar-refractivity contribution in [1.29, 1.82) is 0 Å². The number of aryl methyl sites for hydroxylation is 2. The van der Waals surface area contributed by atoms with Crippen molar-refractivity contribution in [2.45, 2.75) is 39.2 Å². The van der Waals surface area contributed by atoms with E-state index in [9.17, 15) is 9.18 Å². The number of nitrogens with zero attached hydrogens (tertiary/aromatic N) is 2. The fourth-order valence-electron chi connectivity index (χ4n) is 3.97. The van der Waals surface area contributed by atoms with Crippen LogP contribution in [0.15, 0.2) is 54.6 Å². The van der Waals surface area contributed by atoms with Crippen LogP contribution in [0, 0.1) is 26.6 Å². The molecule has 0 aliphatic heterocycles. The predicted octanol–water partition coefficient (Wildman–Crippen LogP) is 6.25. The van der Waals surface area contributed by atoms with E-state index in [0.717, 1.165) is 28.2 Å². The number of halogens is 2. The van der Waals surface area contributed by atoms with Gasteiger partial charge in [0.2, 0.25) is 0 Å². The Kier molecular flexibility index (Phi) is 5.83. The second-order valence-electron chi connectivity index (χ2n) is 7.74. The van der Waals surface area contributed by atoms with Gasteiger partial charge in [-0.05, 0) is 69.2 Å². The molecule has 0 saturated heterocycles. The highest BCUT2D eigenvalue weighted by atomic mass is 35.5. The van der Waals surface area contributed by atoms with Crippen LogP contribution in [0.2, 0.25) is 5.02 Å². The van der Waals surface area contributed by atoms with Crippen molar-refractivity contribution < 1.29 is 13.9 Å². The van der Waals surface area contributed by atoms with Gasteiger partial charge in [0.05, 0.1) is 11.4 Å². The average Bonchev–Trinajstić information content (AvgIpc) is 3.27. The summed E-state index contributed by atoms with van der Waals surface area (Å²) in [6.45, 7) is 5.97. The maximum Gasteiger partial charge on any atom is 0.412 e. The molecule has 0 fully saturated rings. The fraction of sp³-hybridized carbons (Fsp3) is 0.250. The molecule has 4 rings (SSSR count). The van der Waals surface area contributed by atoms with Crippen molar-refractivity contribution in [3.63, 3.8) is 0 Å². The summed E-state index contributed by atoms with van der Waals surface area (Å²) >= 11 is 6.30. The molecular weight excluding hydrogens is 417 g/mol. The third-order valence-corrected chi connectivity index (χ3v) is 5.90. The van der Waals surface area contributed by atoms with Crippen molar-refractivity contribution >= 4 is 23.4 Å². The van der Waals surface area contributed by atoms with E-state index in [2.05, 4.69) is 5.32 Å². The number of ether oxygens (including phenoxy) is 1. The molecule has 1 aromatic heterocycles. The summed E-state index contributed by atoms with van der Waals surface area (Å²) in [5.41, 5.74) is 5.34. The lowest BCUT2D eigenvalue weighted by molar-refractivity contribution is 0.132. The maximum absolute atomic E-state index is 13.3. The highest BCUT2D eigenvalue weighted by Gasteiger charge is 2.28. The first kappa shape index (κ1) is 21.1. The minimum absolute atomic E-state index is 0.0849. The molecule has 2 unspecified atom stereocenters. The lowest BCUT2D eigenvalue weighted by atomic mass is 9.96. The van der Waals surface area contributed by atoms with Crippen LogP contribution in [0.25, 0.3) is 5.69 Å². The zero-order valence-corrected chi connectivity index (χ0v) is 18.3. The molecule has 2 atom stereocenters. The summed E-state index contributed by atoms with van der Waals surface area (Å²) in [7, 11) is 0. The van der Waals surface area contributed by atoms with Crippen molar-refractivity contribution in [3.8, 4) is 5.69 Å². The Morgan fingerprint density at radius 3 is 2.74 bits per heavy atom. The van der Waals surface area contributed by atoms with E-state index in [-0.39, 0.29) is 12.0 Å². The SMILES string of the molecule is Cc1ccc(-n2nc(C)c(C3C=CC(OC(=O)Nc4cccc(F)c4)C3)c2C)cc1Cl. The number of hydrogen-bond acceptors (Lipinski definition) is 3. The molecule has 0 bridgehead atoms. The first-order valence-electron chi connectivity index (χ1n) is 10.1. The number of nitrogens with one attached hydrogen (secondary N) is 1. The summed E-state index contributed by atoms with van der Waals surface area (Å²) in [6.07, 6.45) is 3.57. The van der Waals surface area contributed by atoms with E-state index in [0.29, 0.717) is 17.1 Å². The number of carbonyl (C=O) groups excluding carboxylic acids is 1. The van der Waals surface area contributed by atoms with Gasteiger partial charge in [0, 0.05) is 27.9 Å². The van der Waals surface area contributed by atoms with E-state index in [1.165, 1.54) is 18.2 Å². The largest absolute Gasteiger partial charge is 0.442 e. The maximum atomic E-state index is 13.3. The van der Waals surface area contributed by atoms with Gasteiger partial charge < -0.3 is 4.74 Å². The van der Waals surface area contributed by atoms with Gasteiger partial charge in [0.15, 0.2) is 0 Å². The minimum Gasteiger partial charge on any atom is -0.442 e. The number of benzene rings is 2. The normalized spacial score (nSPS) is 17.7. The Labute approximate surface area is 185 Å². The molecule has 160 valence electrons. The van der Waals surface area contributed by atoms with Crippen molar-refractivity contribution in [3.05, 3.63) is 88.0 Å². The average molecular weight is 440 g/mol. The van der Waals surface area contributed by atoms with Gasteiger partial charge in [-0.15, -0.1) is 0 Å². The van der Waals surface area contributed by atoms with Crippen LogP contribution >= 0.6 is 11.6 Å². The van der Waals surface area contributed by atoms with Crippen LogP contribution in [0.1, 0.15) is 34.9 Å². The van der Waals surface area contributed by atoms with Gasteiger partial charge in [-0.25, -0.2) is 13.9 Å². The van der Waals surface area contributed by atoms with Gasteiger partial charge in [-0.1, -0.05) is 29.8 Å². The first-order chi connectivity index (χ1) is 14.8. The lowest BCUT2D eigenvalue weighted by Crippen LogP contribution is -2.20. The number of rotatable bonds is 4. The van der Waals surface area contributed by atoms with Gasteiger partial charge in [-0.2, -0.15) is 5.10 Å². The molecule has 3 aromatic rings. The van der Waals surface area contributed by atoms with Crippen LogP contribution in [0.3, 0.4) is 0 Å². The highest BCUT2D eigenvalue weighted by Crippen LogP contribution is 2.35. The van der Waals surface area contributed by atoms with Gasteiger partial charge in [-0.3, -0.25) is 5.32 Å². The van der Waals surface area contributed by atoms with E-state index < -0.39 is 11.9 Å². The molecule has 2 aromatic carbocycles. The Bertz CT molecular complexity index is 1170. The molecule has 0 radical (unpaired) electrons. The Morgan fingerprint density at radius 2 is 2.00 bits per heavy atom. The molecule has 31 heavy (non-hydrogen) atoms. The predicted molar refractivity (Wildman–Crippen MR) is 120 cm³/mol. The second-order valence-corrected chi connectivity index (χ2v) is 8.14. The number of amides is 1. The quantitative estimate of drug-likeness (QED) is 0.489.